The summed E-state index contributed by atoms with van der Waals surface area (Å²) in [6.07, 6.45) is -0.330. The summed E-state index contributed by atoms with van der Waals surface area (Å²) >= 11 is 5.65. The quantitative estimate of drug-likeness (QED) is 0.878. The molecule has 0 heterocycles. The number of rotatable bonds is 5. The van der Waals surface area contributed by atoms with Crippen molar-refractivity contribution in [1.82, 2.24) is 0 Å². The molecule has 0 bridgehead atoms. The van der Waals surface area contributed by atoms with E-state index in [9.17, 15) is 9.50 Å². The zero-order valence-electron chi connectivity index (χ0n) is 12.0. The molecule has 112 valence electrons. The van der Waals surface area contributed by atoms with Gasteiger partial charge < -0.3 is 9.84 Å². The first-order valence-corrected chi connectivity index (χ1v) is 7.22. The zero-order valence-corrected chi connectivity index (χ0v) is 12.8. The molecule has 0 saturated heterocycles. The lowest BCUT2D eigenvalue weighted by Crippen LogP contribution is -2.07. The highest BCUT2D eigenvalue weighted by molar-refractivity contribution is 6.30. The van der Waals surface area contributed by atoms with Crippen molar-refractivity contribution in [2.24, 2.45) is 0 Å². The molecule has 0 saturated carbocycles. The number of aliphatic hydroxyl groups excluding tert-OH is 1. The van der Waals surface area contributed by atoms with Crippen molar-refractivity contribution in [1.29, 1.82) is 0 Å². The van der Waals surface area contributed by atoms with E-state index >= 15 is 0 Å². The molecule has 2 aromatic rings. The molecular formula is C17H18ClFO2. The van der Waals surface area contributed by atoms with Gasteiger partial charge in [-0.3, -0.25) is 0 Å². The minimum Gasteiger partial charge on any atom is -0.491 e. The first kappa shape index (κ1) is 15.8. The molecule has 2 aromatic carbocycles. The van der Waals surface area contributed by atoms with Crippen LogP contribution in [0.4, 0.5) is 4.39 Å². The van der Waals surface area contributed by atoms with Crippen LogP contribution in [0.3, 0.4) is 0 Å². The van der Waals surface area contributed by atoms with Crippen molar-refractivity contribution < 1.29 is 14.2 Å². The standard InChI is InChI=1S/C17H18ClFO2/c1-11(2)21-14-5-3-4-13(10-14)17(20)9-12-6-7-15(18)16(19)8-12/h3-8,10-11,17,20H,9H2,1-2H3. The third kappa shape index (κ3) is 4.45. The van der Waals surface area contributed by atoms with Gasteiger partial charge in [0.1, 0.15) is 11.6 Å². The summed E-state index contributed by atoms with van der Waals surface area (Å²) in [6.45, 7) is 3.89. The summed E-state index contributed by atoms with van der Waals surface area (Å²) in [5.41, 5.74) is 1.43. The van der Waals surface area contributed by atoms with Gasteiger partial charge in [0.05, 0.1) is 17.2 Å². The molecule has 0 aromatic heterocycles. The van der Waals surface area contributed by atoms with E-state index in [2.05, 4.69) is 0 Å². The number of ether oxygens (including phenoxy) is 1. The van der Waals surface area contributed by atoms with E-state index in [1.54, 1.807) is 12.1 Å². The van der Waals surface area contributed by atoms with Gasteiger partial charge >= 0.3 is 0 Å². The van der Waals surface area contributed by atoms with Gasteiger partial charge in [-0.2, -0.15) is 0 Å². The first-order chi connectivity index (χ1) is 9.95. The fourth-order valence-corrected chi connectivity index (χ4v) is 2.19. The van der Waals surface area contributed by atoms with E-state index in [-0.39, 0.29) is 11.1 Å². The summed E-state index contributed by atoms with van der Waals surface area (Å²) in [6, 6.07) is 11.9. The Morgan fingerprint density at radius 3 is 2.62 bits per heavy atom. The van der Waals surface area contributed by atoms with Crippen molar-refractivity contribution in [3.63, 3.8) is 0 Å². The molecule has 2 nitrogen and oxygen atoms in total. The van der Waals surface area contributed by atoms with Crippen LogP contribution in [0, 0.1) is 5.82 Å². The maximum atomic E-state index is 13.4. The smallest absolute Gasteiger partial charge is 0.142 e. The van der Waals surface area contributed by atoms with E-state index in [1.165, 1.54) is 12.1 Å². The molecule has 0 fully saturated rings. The Morgan fingerprint density at radius 2 is 1.95 bits per heavy atom. The van der Waals surface area contributed by atoms with Crippen LogP contribution < -0.4 is 4.74 Å². The Labute approximate surface area is 129 Å². The molecule has 1 N–H and O–H groups in total. The van der Waals surface area contributed by atoms with Gasteiger partial charge in [-0.1, -0.05) is 29.8 Å². The highest BCUT2D eigenvalue weighted by atomic mass is 35.5. The van der Waals surface area contributed by atoms with E-state index in [0.717, 1.165) is 5.56 Å². The van der Waals surface area contributed by atoms with Crippen LogP contribution in [0.15, 0.2) is 42.5 Å². The van der Waals surface area contributed by atoms with Crippen LogP contribution in [0.25, 0.3) is 0 Å². The van der Waals surface area contributed by atoms with Crippen LogP contribution in [0.5, 0.6) is 5.75 Å². The summed E-state index contributed by atoms with van der Waals surface area (Å²) in [5, 5.41) is 10.4. The second kappa shape index (κ2) is 6.92. The van der Waals surface area contributed by atoms with Crippen LogP contribution in [-0.2, 0) is 6.42 Å². The van der Waals surface area contributed by atoms with Crippen LogP contribution >= 0.6 is 11.6 Å². The van der Waals surface area contributed by atoms with Crippen molar-refractivity contribution in [2.75, 3.05) is 0 Å². The van der Waals surface area contributed by atoms with Gasteiger partial charge in [-0.25, -0.2) is 4.39 Å². The summed E-state index contributed by atoms with van der Waals surface area (Å²) in [7, 11) is 0. The summed E-state index contributed by atoms with van der Waals surface area (Å²) in [4.78, 5) is 0. The van der Waals surface area contributed by atoms with Gasteiger partial charge in [0, 0.05) is 6.42 Å². The number of hydrogen-bond acceptors (Lipinski definition) is 2. The van der Waals surface area contributed by atoms with Crippen LogP contribution in [0.2, 0.25) is 5.02 Å². The van der Waals surface area contributed by atoms with E-state index < -0.39 is 11.9 Å². The maximum absolute atomic E-state index is 13.4. The highest BCUT2D eigenvalue weighted by Crippen LogP contribution is 2.24. The van der Waals surface area contributed by atoms with Gasteiger partial charge in [0.15, 0.2) is 0 Å². The lowest BCUT2D eigenvalue weighted by molar-refractivity contribution is 0.177. The maximum Gasteiger partial charge on any atom is 0.142 e. The molecular weight excluding hydrogens is 291 g/mol. The van der Waals surface area contributed by atoms with Crippen molar-refractivity contribution >= 4 is 11.6 Å². The lowest BCUT2D eigenvalue weighted by Gasteiger charge is -2.14. The molecule has 4 heteroatoms. The normalized spacial score (nSPS) is 12.5. The number of aliphatic hydroxyl groups is 1. The van der Waals surface area contributed by atoms with E-state index in [4.69, 9.17) is 16.3 Å². The Kier molecular flexibility index (Phi) is 5.21. The molecule has 2 rings (SSSR count). The topological polar surface area (TPSA) is 29.5 Å². The molecule has 0 spiro atoms. The second-order valence-corrected chi connectivity index (χ2v) is 5.61. The van der Waals surface area contributed by atoms with Gasteiger partial charge in [-0.15, -0.1) is 0 Å². The van der Waals surface area contributed by atoms with Crippen molar-refractivity contribution in [3.05, 3.63) is 64.4 Å². The Morgan fingerprint density at radius 1 is 1.19 bits per heavy atom. The molecule has 0 aliphatic carbocycles. The molecule has 0 aliphatic rings. The molecule has 1 atom stereocenters. The van der Waals surface area contributed by atoms with Gasteiger partial charge in [-0.05, 0) is 49.2 Å². The Bertz CT molecular complexity index is 613. The predicted octanol–water partition coefficient (Wildman–Crippen LogP) is 4.54. The summed E-state index contributed by atoms with van der Waals surface area (Å²) < 4.78 is 19.0. The lowest BCUT2D eigenvalue weighted by atomic mass is 10.0. The molecule has 0 aliphatic heterocycles. The fraction of sp³-hybridized carbons (Fsp3) is 0.294. The number of hydrogen-bond donors (Lipinski definition) is 1. The molecule has 1 unspecified atom stereocenters. The molecule has 0 radical (unpaired) electrons. The first-order valence-electron chi connectivity index (χ1n) is 6.84. The molecule has 21 heavy (non-hydrogen) atoms. The third-order valence-electron chi connectivity index (χ3n) is 3.03. The number of halogens is 2. The Balaban J connectivity index is 2.12. The average molecular weight is 309 g/mol. The van der Waals surface area contributed by atoms with E-state index in [1.807, 2.05) is 32.0 Å². The minimum absolute atomic E-state index is 0.0720. The monoisotopic (exact) mass is 308 g/mol. The highest BCUT2D eigenvalue weighted by Gasteiger charge is 2.11. The van der Waals surface area contributed by atoms with Crippen molar-refractivity contribution in [3.8, 4) is 5.75 Å². The van der Waals surface area contributed by atoms with Crippen molar-refractivity contribution in [2.45, 2.75) is 32.5 Å². The second-order valence-electron chi connectivity index (χ2n) is 5.21. The average Bonchev–Trinajstić information content (AvgIpc) is 2.42. The SMILES string of the molecule is CC(C)Oc1cccc(C(O)Cc2ccc(Cl)c(F)c2)c1. The minimum atomic E-state index is -0.721. The zero-order chi connectivity index (χ0) is 15.4. The Hall–Kier alpha value is -1.58. The van der Waals surface area contributed by atoms with Crippen LogP contribution in [0.1, 0.15) is 31.1 Å². The summed E-state index contributed by atoms with van der Waals surface area (Å²) in [5.74, 6) is 0.238. The molecule has 0 amide bonds. The fourth-order valence-electron chi connectivity index (χ4n) is 2.08. The van der Waals surface area contributed by atoms with Crippen LogP contribution in [-0.4, -0.2) is 11.2 Å². The van der Waals surface area contributed by atoms with Gasteiger partial charge in [0.2, 0.25) is 0 Å². The van der Waals surface area contributed by atoms with Gasteiger partial charge in [0.25, 0.3) is 0 Å². The van der Waals surface area contributed by atoms with E-state index in [0.29, 0.717) is 17.7 Å². The largest absolute Gasteiger partial charge is 0.491 e. The predicted molar refractivity (Wildman–Crippen MR) is 82.3 cm³/mol. The number of benzene rings is 2. The third-order valence-corrected chi connectivity index (χ3v) is 3.33.